The lowest BCUT2D eigenvalue weighted by Gasteiger charge is -2.55. The van der Waals surface area contributed by atoms with Gasteiger partial charge in [-0.2, -0.15) is 13.2 Å². The van der Waals surface area contributed by atoms with Gasteiger partial charge in [0.05, 0.1) is 28.5 Å². The first-order valence-electron chi connectivity index (χ1n) is 30.1. The number of likely N-dealkylation sites (N-methyl/N-ethyl adjacent to an activating group) is 1. The third-order valence-electron chi connectivity index (χ3n) is 17.9. The summed E-state index contributed by atoms with van der Waals surface area (Å²) >= 11 is 1.62. The number of benzene rings is 1. The van der Waals surface area contributed by atoms with Crippen molar-refractivity contribution in [3.05, 3.63) is 132 Å². The fraction of sp³-hybridized carbons (Fsp3) is 0.606. The van der Waals surface area contributed by atoms with E-state index < -0.39 is 12.7 Å². The number of nitrogens with zero attached hydrogens (tertiary/aromatic N) is 8. The maximum absolute atomic E-state index is 14.8. The summed E-state index contributed by atoms with van der Waals surface area (Å²) in [5, 5.41) is 9.26. The average Bonchev–Trinajstić information content (AvgIpc) is 4.42. The van der Waals surface area contributed by atoms with Crippen LogP contribution in [0.5, 0.6) is 0 Å². The van der Waals surface area contributed by atoms with Crippen LogP contribution in [0.2, 0.25) is 0 Å². The van der Waals surface area contributed by atoms with Crippen LogP contribution in [0.25, 0.3) is 17.0 Å². The molecule has 1 spiro atoms. The SMILES string of the molecule is C=CC1C(C2CC2)N1CC(=C)N(C)C.C=CCCC(C)(C)C/C(C)=C(\c1cccnc1C(C)C)N(CC(F)(F)F)c1ccc(-c2csc(CC(NC(=C)C(C3CCCC3)N3CCCC4(CN(C)C4)C3)C(=C)N3CCCCN3)n2)cc1. The van der Waals surface area contributed by atoms with Crippen LogP contribution in [-0.4, -0.2) is 138 Å². The van der Waals surface area contributed by atoms with Gasteiger partial charge in [-0.1, -0.05) is 84.6 Å². The summed E-state index contributed by atoms with van der Waals surface area (Å²) in [5.74, 6) is 1.55. The number of allylic oxidation sites excluding steroid dienone is 2. The molecule has 6 heterocycles. The number of alkyl halides is 3. The van der Waals surface area contributed by atoms with Gasteiger partial charge in [0.25, 0.3) is 0 Å². The molecule has 9 rings (SSSR count). The molecule has 2 N–H and O–H groups in total. The van der Waals surface area contributed by atoms with E-state index in [4.69, 9.17) is 16.5 Å². The van der Waals surface area contributed by atoms with Crippen molar-refractivity contribution in [2.75, 3.05) is 78.4 Å². The highest BCUT2D eigenvalue weighted by atomic mass is 32.1. The highest BCUT2D eigenvalue weighted by Crippen LogP contribution is 2.48. The highest BCUT2D eigenvalue weighted by Gasteiger charge is 2.53. The van der Waals surface area contributed by atoms with Gasteiger partial charge in [0, 0.05) is 128 Å². The molecule has 5 atom stereocenters. The van der Waals surface area contributed by atoms with Gasteiger partial charge in [0.2, 0.25) is 0 Å². The van der Waals surface area contributed by atoms with E-state index in [0.717, 1.165) is 115 Å². The summed E-state index contributed by atoms with van der Waals surface area (Å²) in [6.45, 7) is 38.1. The second-order valence-electron chi connectivity index (χ2n) is 25.9. The molecule has 0 bridgehead atoms. The Bertz CT molecular complexity index is 2610. The normalized spacial score (nSPS) is 22.6. The Labute approximate surface area is 484 Å². The third-order valence-corrected chi connectivity index (χ3v) is 18.8. The summed E-state index contributed by atoms with van der Waals surface area (Å²) in [6.07, 6.45) is 16.9. The first-order valence-corrected chi connectivity index (χ1v) is 30.9. The highest BCUT2D eigenvalue weighted by molar-refractivity contribution is 7.10. The topological polar surface area (TPSA) is 69.1 Å². The van der Waals surface area contributed by atoms with E-state index in [0.29, 0.717) is 41.6 Å². The van der Waals surface area contributed by atoms with E-state index in [9.17, 15) is 13.2 Å². The number of rotatable bonds is 25. The number of hydrogen-bond donors (Lipinski definition) is 2. The first kappa shape index (κ1) is 61.3. The molecule has 438 valence electrons. The van der Waals surface area contributed by atoms with Gasteiger partial charge in [-0.3, -0.25) is 14.8 Å². The molecule has 0 radical (unpaired) electrons. The van der Waals surface area contributed by atoms with Crippen molar-refractivity contribution < 1.29 is 13.2 Å². The quantitative estimate of drug-likeness (QED) is 0.0633. The van der Waals surface area contributed by atoms with Crippen molar-refractivity contribution in [3.8, 4) is 11.3 Å². The zero-order valence-corrected chi connectivity index (χ0v) is 50.8. The molecule has 14 heteroatoms. The molecule has 1 aromatic carbocycles. The molecular weight excluding hydrogens is 1020 g/mol. The largest absolute Gasteiger partial charge is 0.406 e. The van der Waals surface area contributed by atoms with Crippen molar-refractivity contribution >= 4 is 22.7 Å². The molecule has 4 saturated heterocycles. The molecule has 2 aromatic heterocycles. The lowest BCUT2D eigenvalue weighted by atomic mass is 9.72. The third kappa shape index (κ3) is 15.7. The summed E-state index contributed by atoms with van der Waals surface area (Å²) in [6, 6.07) is 12.8. The standard InChI is InChI=1S/C54H77F3N8S.C12H20N2/c1-10-11-25-52(7,8)32-39(4)50(45-20-16-27-58-49(45)38(2)3)64(37-54(55,56)57)44-23-21-42(22-24-44)47-33-66-48(61-47)31-46(41(6)65-30-15-14-28-59-65)60-40(5)51(43-18-12-13-19-43)63-29-17-26-53(36-63)34-62(9)35-53;1-5-11-12(10-6-7-10)14(11)8-9(2)13(3)4/h10,16,20-24,27,33,38,43,46,51,59-60H,1,5-6,11-15,17-19,25-26,28-32,34-37H2,2-4,7-9H3;5,10-12H,1-2,6-8H2,3-4H3/b50-39+;. The molecule has 6 aliphatic rings. The maximum atomic E-state index is 14.8. The number of aromatic nitrogens is 2. The first-order chi connectivity index (χ1) is 38.1. The van der Waals surface area contributed by atoms with Crippen LogP contribution in [0.15, 0.2) is 116 Å². The van der Waals surface area contributed by atoms with Crippen molar-refractivity contribution in [3.63, 3.8) is 0 Å². The summed E-state index contributed by atoms with van der Waals surface area (Å²) in [4.78, 5) is 21.2. The molecule has 0 amide bonds. The van der Waals surface area contributed by atoms with Gasteiger partial charge in [-0.15, -0.1) is 24.5 Å². The Morgan fingerprint density at radius 1 is 0.963 bits per heavy atom. The molecule has 6 fully saturated rings. The molecule has 4 aliphatic heterocycles. The fourth-order valence-corrected chi connectivity index (χ4v) is 14.7. The number of nitrogens with one attached hydrogen (secondary N) is 2. The molecule has 2 aliphatic carbocycles. The van der Waals surface area contributed by atoms with Gasteiger partial charge in [0.1, 0.15) is 6.54 Å². The predicted molar refractivity (Wildman–Crippen MR) is 329 cm³/mol. The van der Waals surface area contributed by atoms with E-state index in [1.54, 1.807) is 17.5 Å². The molecule has 2 saturated carbocycles. The number of halogens is 3. The van der Waals surface area contributed by atoms with E-state index in [-0.39, 0.29) is 23.4 Å². The Kier molecular flexibility index (Phi) is 20.5. The van der Waals surface area contributed by atoms with Crippen molar-refractivity contribution in [1.29, 1.82) is 0 Å². The number of pyridine rings is 1. The lowest BCUT2D eigenvalue weighted by Crippen LogP contribution is -2.63. The van der Waals surface area contributed by atoms with Crippen LogP contribution in [-0.2, 0) is 6.42 Å². The molecule has 10 nitrogen and oxygen atoms in total. The molecular formula is C66H97F3N10S. The zero-order chi connectivity index (χ0) is 57.5. The van der Waals surface area contributed by atoms with Gasteiger partial charge in [-0.05, 0) is 144 Å². The Balaban J connectivity index is 0.000000519. The summed E-state index contributed by atoms with van der Waals surface area (Å²) in [7, 11) is 6.35. The minimum atomic E-state index is -4.46. The van der Waals surface area contributed by atoms with Gasteiger partial charge in [-0.25, -0.2) is 10.4 Å². The number of piperidine rings is 1. The molecule has 5 unspecified atom stereocenters. The predicted octanol–water partition coefficient (Wildman–Crippen LogP) is 13.9. The van der Waals surface area contributed by atoms with Crippen LogP contribution in [0, 0.1) is 22.7 Å². The Morgan fingerprint density at radius 3 is 2.30 bits per heavy atom. The molecule has 80 heavy (non-hydrogen) atoms. The summed E-state index contributed by atoms with van der Waals surface area (Å²) < 4.78 is 44.3. The van der Waals surface area contributed by atoms with E-state index >= 15 is 0 Å². The molecule has 3 aromatic rings. The van der Waals surface area contributed by atoms with Gasteiger partial charge in [0.15, 0.2) is 0 Å². The van der Waals surface area contributed by atoms with Crippen molar-refractivity contribution in [1.82, 2.24) is 45.3 Å². The van der Waals surface area contributed by atoms with E-state index in [2.05, 4.69) is 108 Å². The van der Waals surface area contributed by atoms with E-state index in [1.165, 1.54) is 75.1 Å². The van der Waals surface area contributed by atoms with Crippen molar-refractivity contribution in [2.24, 2.45) is 22.7 Å². The Hall–Kier alpha value is -4.73. The van der Waals surface area contributed by atoms with E-state index in [1.807, 2.05) is 63.2 Å². The summed E-state index contributed by atoms with van der Waals surface area (Å²) in [5.41, 5.74) is 12.2. The van der Waals surface area contributed by atoms with Crippen LogP contribution in [0.4, 0.5) is 18.9 Å². The number of anilines is 1. The van der Waals surface area contributed by atoms with Gasteiger partial charge >= 0.3 is 6.18 Å². The van der Waals surface area contributed by atoms with Crippen LogP contribution < -0.4 is 15.6 Å². The lowest BCUT2D eigenvalue weighted by molar-refractivity contribution is -0.118. The second-order valence-corrected chi connectivity index (χ2v) is 26.8. The second kappa shape index (κ2) is 26.7. The Morgan fingerprint density at radius 2 is 1.69 bits per heavy atom. The number of likely N-dealkylation sites (tertiary alicyclic amines) is 2. The fourth-order valence-electron chi connectivity index (χ4n) is 13.8. The monoisotopic (exact) mass is 1120 g/mol. The minimum absolute atomic E-state index is 0.0123. The van der Waals surface area contributed by atoms with Crippen molar-refractivity contribution in [2.45, 2.75) is 161 Å². The number of thiazole rings is 1. The number of hydrogen-bond acceptors (Lipinski definition) is 11. The van der Waals surface area contributed by atoms with Crippen LogP contribution in [0.3, 0.4) is 0 Å². The van der Waals surface area contributed by atoms with Crippen LogP contribution >= 0.6 is 11.3 Å². The van der Waals surface area contributed by atoms with Gasteiger partial charge < -0.3 is 25.0 Å². The average molecular weight is 1120 g/mol. The minimum Gasteiger partial charge on any atom is -0.380 e. The number of hydrazine groups is 1. The smallest absolute Gasteiger partial charge is 0.380 e. The zero-order valence-electron chi connectivity index (χ0n) is 50.0. The maximum Gasteiger partial charge on any atom is 0.406 e. The van der Waals surface area contributed by atoms with Crippen LogP contribution in [0.1, 0.15) is 140 Å².